The number of benzene rings is 2. The van der Waals surface area contributed by atoms with Crippen molar-refractivity contribution in [2.24, 2.45) is 0 Å². The van der Waals surface area contributed by atoms with E-state index in [-0.39, 0.29) is 5.56 Å². The third-order valence-electron chi connectivity index (χ3n) is 5.76. The fourth-order valence-electron chi connectivity index (χ4n) is 3.93. The number of nitrogens with zero attached hydrogens (tertiary/aromatic N) is 4. The molecule has 2 heterocycles. The van der Waals surface area contributed by atoms with Crippen LogP contribution in [0.3, 0.4) is 0 Å². The van der Waals surface area contributed by atoms with Gasteiger partial charge in [-0.25, -0.2) is 0 Å². The van der Waals surface area contributed by atoms with E-state index >= 15 is 0 Å². The van der Waals surface area contributed by atoms with Gasteiger partial charge in [-0.1, -0.05) is 44.2 Å². The summed E-state index contributed by atoms with van der Waals surface area (Å²) < 4.78 is 1.61. The Kier molecular flexibility index (Phi) is 6.77. The lowest BCUT2D eigenvalue weighted by molar-refractivity contribution is 0.292. The standard InChI is InChI=1S/C28H26N4O/c1-3-31(4-2)20-24-11-9-13-27(30-24)23-16-22(26-12-6-5-10-21(26)19-29)17-25(18-23)32-15-8-7-14-28(32)33/h5-18H,3-4,20H2,1-2H3. The van der Waals surface area contributed by atoms with Crippen molar-refractivity contribution in [2.75, 3.05) is 13.1 Å². The first-order chi connectivity index (χ1) is 16.1. The van der Waals surface area contributed by atoms with E-state index in [1.165, 1.54) is 0 Å². The summed E-state index contributed by atoms with van der Waals surface area (Å²) in [7, 11) is 0. The first-order valence-corrected chi connectivity index (χ1v) is 11.1. The van der Waals surface area contributed by atoms with Gasteiger partial charge in [-0.2, -0.15) is 5.26 Å². The molecule has 2 aromatic heterocycles. The van der Waals surface area contributed by atoms with Crippen molar-refractivity contribution >= 4 is 0 Å². The normalized spacial score (nSPS) is 10.8. The zero-order valence-corrected chi connectivity index (χ0v) is 18.9. The first kappa shape index (κ1) is 22.2. The Morgan fingerprint density at radius 3 is 2.42 bits per heavy atom. The number of aromatic nitrogens is 2. The first-order valence-electron chi connectivity index (χ1n) is 11.1. The van der Waals surface area contributed by atoms with Gasteiger partial charge in [-0.3, -0.25) is 19.2 Å². The van der Waals surface area contributed by atoms with Gasteiger partial charge in [0.2, 0.25) is 0 Å². The van der Waals surface area contributed by atoms with Crippen molar-refractivity contribution in [2.45, 2.75) is 20.4 Å². The van der Waals surface area contributed by atoms with E-state index in [2.05, 4.69) is 24.8 Å². The largest absolute Gasteiger partial charge is 0.298 e. The molecule has 0 spiro atoms. The molecular weight excluding hydrogens is 408 g/mol. The van der Waals surface area contributed by atoms with Gasteiger partial charge in [0.15, 0.2) is 0 Å². The molecule has 0 aliphatic heterocycles. The Morgan fingerprint density at radius 2 is 1.67 bits per heavy atom. The lowest BCUT2D eigenvalue weighted by Crippen LogP contribution is -2.22. The van der Waals surface area contributed by atoms with Crippen LogP contribution in [-0.4, -0.2) is 27.5 Å². The summed E-state index contributed by atoms with van der Waals surface area (Å²) in [6.45, 7) is 7.00. The molecule has 0 amide bonds. The third kappa shape index (κ3) is 4.92. The Balaban J connectivity index is 1.89. The maximum Gasteiger partial charge on any atom is 0.255 e. The minimum atomic E-state index is -0.114. The zero-order valence-electron chi connectivity index (χ0n) is 18.9. The molecule has 2 aromatic carbocycles. The molecule has 4 rings (SSSR count). The average Bonchev–Trinajstić information content (AvgIpc) is 2.87. The van der Waals surface area contributed by atoms with Crippen molar-refractivity contribution in [3.8, 4) is 34.1 Å². The highest BCUT2D eigenvalue weighted by molar-refractivity contribution is 5.78. The van der Waals surface area contributed by atoms with Gasteiger partial charge >= 0.3 is 0 Å². The topological polar surface area (TPSA) is 61.9 Å². The van der Waals surface area contributed by atoms with Gasteiger partial charge in [0.05, 0.1) is 23.0 Å². The second-order valence-electron chi connectivity index (χ2n) is 7.81. The van der Waals surface area contributed by atoms with E-state index in [0.717, 1.165) is 53.4 Å². The fourth-order valence-corrected chi connectivity index (χ4v) is 3.93. The predicted molar refractivity (Wildman–Crippen MR) is 132 cm³/mol. The Bertz CT molecular complexity index is 1360. The highest BCUT2D eigenvalue weighted by atomic mass is 16.1. The molecule has 164 valence electrons. The van der Waals surface area contributed by atoms with Crippen LogP contribution in [0.2, 0.25) is 0 Å². The molecule has 0 N–H and O–H groups in total. The van der Waals surface area contributed by atoms with Crippen molar-refractivity contribution in [3.05, 3.63) is 107 Å². The van der Waals surface area contributed by atoms with E-state index in [1.54, 1.807) is 29.0 Å². The zero-order chi connectivity index (χ0) is 23.2. The fraction of sp³-hybridized carbons (Fsp3) is 0.179. The third-order valence-corrected chi connectivity index (χ3v) is 5.76. The van der Waals surface area contributed by atoms with E-state index in [0.29, 0.717) is 5.56 Å². The van der Waals surface area contributed by atoms with Crippen LogP contribution >= 0.6 is 0 Å². The van der Waals surface area contributed by atoms with Crippen LogP contribution in [0, 0.1) is 11.3 Å². The number of rotatable bonds is 7. The Hall–Kier alpha value is -4.01. The average molecular weight is 435 g/mol. The monoisotopic (exact) mass is 434 g/mol. The molecular formula is C28H26N4O. The molecule has 0 aliphatic carbocycles. The maximum atomic E-state index is 12.6. The van der Waals surface area contributed by atoms with E-state index < -0.39 is 0 Å². The number of hydrogen-bond acceptors (Lipinski definition) is 4. The van der Waals surface area contributed by atoms with Crippen LogP contribution in [0.25, 0.3) is 28.1 Å². The molecule has 5 heteroatoms. The number of pyridine rings is 2. The summed E-state index contributed by atoms with van der Waals surface area (Å²) >= 11 is 0. The molecule has 0 radical (unpaired) electrons. The summed E-state index contributed by atoms with van der Waals surface area (Å²) in [5.41, 5.74) is 5.63. The summed E-state index contributed by atoms with van der Waals surface area (Å²) in [6, 6.07) is 26.9. The summed E-state index contributed by atoms with van der Waals surface area (Å²) in [6.07, 6.45) is 1.76. The van der Waals surface area contributed by atoms with Crippen molar-refractivity contribution in [3.63, 3.8) is 0 Å². The van der Waals surface area contributed by atoms with Gasteiger partial charge in [0, 0.05) is 30.1 Å². The predicted octanol–water partition coefficient (Wildman–Crippen LogP) is 5.28. The van der Waals surface area contributed by atoms with Crippen molar-refractivity contribution in [1.82, 2.24) is 14.5 Å². The van der Waals surface area contributed by atoms with E-state index in [1.807, 2.05) is 60.7 Å². The highest BCUT2D eigenvalue weighted by Crippen LogP contribution is 2.30. The summed E-state index contributed by atoms with van der Waals surface area (Å²) in [5, 5.41) is 9.64. The van der Waals surface area contributed by atoms with Crippen LogP contribution in [0.1, 0.15) is 25.1 Å². The van der Waals surface area contributed by atoms with Crippen LogP contribution in [0.4, 0.5) is 0 Å². The minimum absolute atomic E-state index is 0.114. The lowest BCUT2D eigenvalue weighted by atomic mass is 9.96. The molecule has 0 atom stereocenters. The van der Waals surface area contributed by atoms with Crippen molar-refractivity contribution < 1.29 is 0 Å². The maximum absolute atomic E-state index is 12.6. The second kappa shape index (κ2) is 10.1. The molecule has 0 saturated heterocycles. The molecule has 0 unspecified atom stereocenters. The van der Waals surface area contributed by atoms with Crippen LogP contribution in [0.15, 0.2) is 89.9 Å². The molecule has 0 bridgehead atoms. The molecule has 4 aromatic rings. The number of hydrogen-bond donors (Lipinski definition) is 0. The van der Waals surface area contributed by atoms with Gasteiger partial charge < -0.3 is 0 Å². The van der Waals surface area contributed by atoms with Crippen LogP contribution in [-0.2, 0) is 6.54 Å². The van der Waals surface area contributed by atoms with Gasteiger partial charge in [-0.05, 0) is 66.7 Å². The lowest BCUT2D eigenvalue weighted by Gasteiger charge is -2.18. The number of nitriles is 1. The Morgan fingerprint density at radius 1 is 0.909 bits per heavy atom. The van der Waals surface area contributed by atoms with Crippen LogP contribution < -0.4 is 5.56 Å². The van der Waals surface area contributed by atoms with Crippen molar-refractivity contribution in [1.29, 1.82) is 5.26 Å². The molecule has 0 fully saturated rings. The summed E-state index contributed by atoms with van der Waals surface area (Å²) in [4.78, 5) is 19.8. The van der Waals surface area contributed by atoms with E-state index in [9.17, 15) is 10.1 Å². The van der Waals surface area contributed by atoms with Gasteiger partial charge in [0.1, 0.15) is 0 Å². The molecule has 5 nitrogen and oxygen atoms in total. The summed E-state index contributed by atoms with van der Waals surface area (Å²) in [5.74, 6) is 0. The Labute approximate surface area is 194 Å². The van der Waals surface area contributed by atoms with E-state index in [4.69, 9.17) is 4.98 Å². The van der Waals surface area contributed by atoms with Gasteiger partial charge in [0.25, 0.3) is 5.56 Å². The van der Waals surface area contributed by atoms with Crippen LogP contribution in [0.5, 0.6) is 0 Å². The minimum Gasteiger partial charge on any atom is -0.298 e. The van der Waals surface area contributed by atoms with Gasteiger partial charge in [-0.15, -0.1) is 0 Å². The molecule has 0 aliphatic rings. The molecule has 33 heavy (non-hydrogen) atoms. The smallest absolute Gasteiger partial charge is 0.255 e. The quantitative estimate of drug-likeness (QED) is 0.397. The molecule has 0 saturated carbocycles. The highest BCUT2D eigenvalue weighted by Gasteiger charge is 2.12. The SMILES string of the molecule is CCN(CC)Cc1cccc(-c2cc(-c3ccccc3C#N)cc(-n3ccccc3=O)c2)n1. The second-order valence-corrected chi connectivity index (χ2v) is 7.81.